The van der Waals surface area contributed by atoms with Gasteiger partial charge in [0, 0.05) is 63.8 Å². The second-order valence-corrected chi connectivity index (χ2v) is 6.64. The Morgan fingerprint density at radius 2 is 1.85 bits per heavy atom. The summed E-state index contributed by atoms with van der Waals surface area (Å²) in [6.45, 7) is 0.106. The third-order valence-electron chi connectivity index (χ3n) is 4.29. The number of rotatable bonds is 9. The quantitative estimate of drug-likeness (QED) is 0.231. The molecule has 0 fully saturated rings. The van der Waals surface area contributed by atoms with E-state index in [4.69, 9.17) is 15.9 Å². The summed E-state index contributed by atoms with van der Waals surface area (Å²) in [5.74, 6) is -3.19. The van der Waals surface area contributed by atoms with Crippen molar-refractivity contribution in [1.82, 2.24) is 25.3 Å². The fourth-order valence-corrected chi connectivity index (χ4v) is 2.70. The topological polar surface area (TPSA) is 215 Å². The van der Waals surface area contributed by atoms with Crippen LogP contribution in [0.1, 0.15) is 28.9 Å². The summed E-state index contributed by atoms with van der Waals surface area (Å²) < 4.78 is 0. The number of anilines is 1. The molecule has 0 saturated heterocycles. The minimum Gasteiger partial charge on any atom is -0.679 e. The second-order valence-electron chi connectivity index (χ2n) is 6.64. The van der Waals surface area contributed by atoms with Crippen molar-refractivity contribution in [2.75, 3.05) is 5.73 Å². The minimum atomic E-state index is -1.32. The molecule has 3 rings (SSSR count). The molecule has 14 heteroatoms. The summed E-state index contributed by atoms with van der Waals surface area (Å²) in [5, 5.41) is 24.4. The molecule has 2 aromatic heterocycles. The molecule has 0 radical (unpaired) electrons. The van der Waals surface area contributed by atoms with E-state index < -0.39 is 29.4 Å². The number of carbonyl (C=O) groups is 3. The number of nitrogen functional groups attached to an aromatic ring is 1. The van der Waals surface area contributed by atoms with E-state index in [0.29, 0.717) is 11.4 Å². The van der Waals surface area contributed by atoms with Crippen LogP contribution in [0.25, 0.3) is 16.5 Å². The summed E-state index contributed by atoms with van der Waals surface area (Å²) in [5.41, 5.74) is 6.22. The average Bonchev–Trinajstić information content (AvgIpc) is 2.75. The third-order valence-corrected chi connectivity index (χ3v) is 4.29. The van der Waals surface area contributed by atoms with Crippen LogP contribution in [0.15, 0.2) is 35.3 Å². The summed E-state index contributed by atoms with van der Waals surface area (Å²) >= 11 is 0. The van der Waals surface area contributed by atoms with Crippen LogP contribution in [0.4, 0.5) is 11.6 Å². The summed E-state index contributed by atoms with van der Waals surface area (Å²) in [6, 6.07) is 4.68. The van der Waals surface area contributed by atoms with Crippen molar-refractivity contribution >= 4 is 40.6 Å². The summed E-state index contributed by atoms with van der Waals surface area (Å²) in [6.07, 6.45) is 0.798. The van der Waals surface area contributed by atoms with Gasteiger partial charge in [0.1, 0.15) is 6.04 Å². The van der Waals surface area contributed by atoms with Crippen LogP contribution in [0.3, 0.4) is 0 Å². The van der Waals surface area contributed by atoms with Gasteiger partial charge in [-0.05, 0) is 6.42 Å². The fraction of sp³-hybridized carbons (Fsp3) is 0.211. The Bertz CT molecular complexity index is 1230. The molecule has 1 amide bonds. The van der Waals surface area contributed by atoms with Crippen molar-refractivity contribution in [2.24, 2.45) is 0 Å². The molecule has 1 atom stereocenters. The number of carboxylic acid groups (broad SMARTS) is 2. The standard InChI is InChI=1S/C19H19N7O6.Gd/c20-19-25-15-14(17(30)26-19)23-11(8-22-15)7-21-10-3-1-9(2-4-10)16(29)24-12(18(31)32)5-6-13(27)28;/h1-4,8,12H,5-7H2,(H7,20,21,22,24,25,26,27,28,29,30,31,32);/p-1/t12-;/m0./s1. The summed E-state index contributed by atoms with van der Waals surface area (Å²) in [4.78, 5) is 60.5. The Labute approximate surface area is 217 Å². The van der Waals surface area contributed by atoms with Gasteiger partial charge in [-0.1, -0.05) is 30.8 Å². The number of H-pyrrole nitrogens is 1. The number of hydrogen-bond acceptors (Lipinski definition) is 8. The number of carboxylic acids is 2. The second kappa shape index (κ2) is 11.6. The Balaban J connectivity index is 0.00000385. The molecule has 0 aliphatic rings. The molecule has 0 bridgehead atoms. The van der Waals surface area contributed by atoms with Gasteiger partial charge in [-0.2, -0.15) is 4.98 Å². The van der Waals surface area contributed by atoms with E-state index in [1.807, 2.05) is 0 Å². The number of benzene rings is 1. The molecule has 174 valence electrons. The molecule has 13 nitrogen and oxygen atoms in total. The van der Waals surface area contributed by atoms with E-state index >= 15 is 0 Å². The maximum absolute atomic E-state index is 12.3. The van der Waals surface area contributed by atoms with Crippen LogP contribution >= 0.6 is 0 Å². The first-order chi connectivity index (χ1) is 15.2. The van der Waals surface area contributed by atoms with E-state index in [1.165, 1.54) is 18.3 Å². The predicted molar refractivity (Wildman–Crippen MR) is 111 cm³/mol. The zero-order valence-corrected chi connectivity index (χ0v) is 19.1. The first-order valence-corrected chi connectivity index (χ1v) is 9.27. The van der Waals surface area contributed by atoms with Crippen LogP contribution in [-0.4, -0.2) is 54.0 Å². The van der Waals surface area contributed by atoms with Crippen LogP contribution in [-0.2, 0) is 16.1 Å². The van der Waals surface area contributed by atoms with Gasteiger partial charge in [0.2, 0.25) is 5.95 Å². The molecule has 0 spiro atoms. The minimum absolute atomic E-state index is 0. The molecule has 1 aromatic carbocycles. The van der Waals surface area contributed by atoms with Crippen molar-refractivity contribution in [3.8, 4) is 0 Å². The summed E-state index contributed by atoms with van der Waals surface area (Å²) in [7, 11) is 0. The number of aromatic amines is 1. The van der Waals surface area contributed by atoms with Gasteiger partial charge in [0.15, 0.2) is 11.2 Å². The van der Waals surface area contributed by atoms with E-state index in [2.05, 4.69) is 30.6 Å². The molecular weight excluding hydrogens is 580 g/mol. The number of fused-ring (bicyclic) bond motifs is 1. The fourth-order valence-electron chi connectivity index (χ4n) is 2.70. The number of amides is 1. The molecule has 0 saturated carbocycles. The zero-order valence-electron chi connectivity index (χ0n) is 16.8. The van der Waals surface area contributed by atoms with E-state index in [-0.39, 0.29) is 82.0 Å². The molecular formula is C19H18GdN7O6-. The third kappa shape index (κ3) is 7.13. The molecule has 2 heterocycles. The Hall–Kier alpha value is -3.23. The SMILES string of the molecule is Nc1nc2ncc(C[N-]c3ccc(C(=O)N[C@@H](CCC(=O)O)C(=O)O)cc3)nc2c(=O)[nH]1.[Gd]. The number of nitrogens with zero attached hydrogens (tertiary/aromatic N) is 4. The molecule has 6 N–H and O–H groups in total. The van der Waals surface area contributed by atoms with Crippen molar-refractivity contribution in [2.45, 2.75) is 25.4 Å². The Morgan fingerprint density at radius 1 is 1.15 bits per heavy atom. The van der Waals surface area contributed by atoms with Crippen LogP contribution in [0.2, 0.25) is 0 Å². The number of carbonyl (C=O) groups excluding carboxylic acids is 1. The molecule has 0 aliphatic carbocycles. The number of hydrogen-bond donors (Lipinski definition) is 5. The van der Waals surface area contributed by atoms with E-state index in [9.17, 15) is 19.2 Å². The van der Waals surface area contributed by atoms with Crippen molar-refractivity contribution in [1.29, 1.82) is 0 Å². The molecule has 0 unspecified atom stereocenters. The first-order valence-electron chi connectivity index (χ1n) is 9.27. The van der Waals surface area contributed by atoms with Gasteiger partial charge in [-0.15, -0.1) is 5.69 Å². The normalized spacial score (nSPS) is 11.3. The number of nitrogens with one attached hydrogen (secondary N) is 2. The van der Waals surface area contributed by atoms with Crippen molar-refractivity contribution in [3.63, 3.8) is 0 Å². The number of aliphatic carboxylic acids is 2. The zero-order chi connectivity index (χ0) is 23.3. The van der Waals surface area contributed by atoms with Gasteiger partial charge in [-0.25, -0.2) is 14.8 Å². The van der Waals surface area contributed by atoms with Crippen LogP contribution < -0.4 is 16.6 Å². The van der Waals surface area contributed by atoms with E-state index in [1.54, 1.807) is 12.1 Å². The monoisotopic (exact) mass is 598 g/mol. The predicted octanol–water partition coefficient (Wildman–Crippen LogP) is 0.548. The smallest absolute Gasteiger partial charge is 0.326 e. The molecule has 0 aliphatic heterocycles. The number of aromatic nitrogens is 4. The Kier molecular flexibility index (Phi) is 9.14. The largest absolute Gasteiger partial charge is 0.679 e. The Morgan fingerprint density at radius 3 is 2.48 bits per heavy atom. The molecule has 3 aromatic rings. The van der Waals surface area contributed by atoms with Gasteiger partial charge in [0.05, 0.1) is 0 Å². The van der Waals surface area contributed by atoms with E-state index in [0.717, 1.165) is 0 Å². The maximum atomic E-state index is 12.3. The maximum Gasteiger partial charge on any atom is 0.326 e. The van der Waals surface area contributed by atoms with Crippen molar-refractivity contribution < 1.29 is 64.5 Å². The van der Waals surface area contributed by atoms with Gasteiger partial charge < -0.3 is 26.6 Å². The first kappa shape index (κ1) is 26.0. The molecule has 33 heavy (non-hydrogen) atoms. The van der Waals surface area contributed by atoms with Crippen molar-refractivity contribution in [3.05, 3.63) is 57.4 Å². The number of nitrogens with two attached hydrogens (primary N) is 1. The van der Waals surface area contributed by atoms with Crippen LogP contribution in [0, 0.1) is 39.9 Å². The van der Waals surface area contributed by atoms with Gasteiger partial charge >= 0.3 is 11.9 Å². The van der Waals surface area contributed by atoms with Gasteiger partial charge in [0.25, 0.3) is 11.5 Å². The van der Waals surface area contributed by atoms with Gasteiger partial charge in [-0.3, -0.25) is 19.4 Å². The van der Waals surface area contributed by atoms with Crippen LogP contribution in [0.5, 0.6) is 0 Å². The average molecular weight is 598 g/mol.